The average Bonchev–Trinajstić information content (AvgIpc) is 2.66. The number of carboxylic acid groups (broad SMARTS) is 1. The fraction of sp³-hybridized carbons (Fsp3) is 0.500. The SMILES string of the molecule is CCCn1cc(Br)cc1C(=O)N(C)CCC(=O)O. The molecule has 6 heteroatoms. The van der Waals surface area contributed by atoms with Crippen LogP contribution in [0.4, 0.5) is 0 Å². The van der Waals surface area contributed by atoms with Crippen LogP contribution < -0.4 is 0 Å². The van der Waals surface area contributed by atoms with E-state index in [4.69, 9.17) is 5.11 Å². The van der Waals surface area contributed by atoms with E-state index in [0.717, 1.165) is 17.4 Å². The Kier molecular flexibility index (Phi) is 5.40. The lowest BCUT2D eigenvalue weighted by Gasteiger charge is -2.17. The van der Waals surface area contributed by atoms with Gasteiger partial charge in [-0.05, 0) is 28.4 Å². The van der Waals surface area contributed by atoms with E-state index < -0.39 is 5.97 Å². The number of halogens is 1. The van der Waals surface area contributed by atoms with Crippen LogP contribution in [-0.2, 0) is 11.3 Å². The Bertz CT molecular complexity index is 443. The molecule has 0 saturated carbocycles. The van der Waals surface area contributed by atoms with E-state index in [0.29, 0.717) is 5.69 Å². The molecule has 1 aromatic rings. The van der Waals surface area contributed by atoms with Crippen LogP contribution in [0.5, 0.6) is 0 Å². The van der Waals surface area contributed by atoms with Crippen LogP contribution >= 0.6 is 15.9 Å². The number of aliphatic carboxylic acids is 1. The third-order valence-electron chi connectivity index (χ3n) is 2.55. The first kappa shape index (κ1) is 14.8. The zero-order valence-electron chi connectivity index (χ0n) is 10.5. The van der Waals surface area contributed by atoms with Gasteiger partial charge in [0.15, 0.2) is 0 Å². The lowest BCUT2D eigenvalue weighted by Crippen LogP contribution is -2.30. The summed E-state index contributed by atoms with van der Waals surface area (Å²) in [5.41, 5.74) is 0.580. The van der Waals surface area contributed by atoms with Crippen LogP contribution in [0.1, 0.15) is 30.3 Å². The Balaban J connectivity index is 2.79. The van der Waals surface area contributed by atoms with Gasteiger partial charge in [0, 0.05) is 30.8 Å². The highest BCUT2D eigenvalue weighted by Gasteiger charge is 2.17. The van der Waals surface area contributed by atoms with E-state index in [9.17, 15) is 9.59 Å². The lowest BCUT2D eigenvalue weighted by atomic mass is 10.3. The van der Waals surface area contributed by atoms with Crippen LogP contribution in [0.2, 0.25) is 0 Å². The van der Waals surface area contributed by atoms with Gasteiger partial charge < -0.3 is 14.6 Å². The summed E-state index contributed by atoms with van der Waals surface area (Å²) < 4.78 is 2.73. The molecular formula is C12H17BrN2O3. The summed E-state index contributed by atoms with van der Waals surface area (Å²) >= 11 is 3.35. The second kappa shape index (κ2) is 6.58. The highest BCUT2D eigenvalue weighted by atomic mass is 79.9. The fourth-order valence-electron chi connectivity index (χ4n) is 1.64. The summed E-state index contributed by atoms with van der Waals surface area (Å²) in [5.74, 6) is -1.06. The number of hydrogen-bond donors (Lipinski definition) is 1. The van der Waals surface area contributed by atoms with Crippen molar-refractivity contribution in [2.75, 3.05) is 13.6 Å². The van der Waals surface area contributed by atoms with Crippen molar-refractivity contribution in [1.29, 1.82) is 0 Å². The number of carboxylic acids is 1. The number of carbonyl (C=O) groups excluding carboxylic acids is 1. The Morgan fingerprint density at radius 2 is 2.17 bits per heavy atom. The van der Waals surface area contributed by atoms with Crippen molar-refractivity contribution < 1.29 is 14.7 Å². The molecule has 5 nitrogen and oxygen atoms in total. The van der Waals surface area contributed by atoms with Crippen molar-refractivity contribution in [2.24, 2.45) is 0 Å². The topological polar surface area (TPSA) is 62.5 Å². The van der Waals surface area contributed by atoms with E-state index in [1.807, 2.05) is 17.7 Å². The Morgan fingerprint density at radius 3 is 2.72 bits per heavy atom. The maximum absolute atomic E-state index is 12.2. The van der Waals surface area contributed by atoms with Gasteiger partial charge in [-0.1, -0.05) is 6.92 Å². The van der Waals surface area contributed by atoms with Crippen LogP contribution in [0.3, 0.4) is 0 Å². The molecule has 0 aliphatic carbocycles. The summed E-state index contributed by atoms with van der Waals surface area (Å²) in [7, 11) is 1.61. The zero-order valence-corrected chi connectivity index (χ0v) is 12.1. The van der Waals surface area contributed by atoms with E-state index in [2.05, 4.69) is 15.9 Å². The van der Waals surface area contributed by atoms with Crippen LogP contribution in [0.25, 0.3) is 0 Å². The molecule has 1 N–H and O–H groups in total. The molecule has 1 amide bonds. The molecule has 0 atom stereocenters. The first-order valence-corrected chi connectivity index (χ1v) is 6.58. The quantitative estimate of drug-likeness (QED) is 0.875. The minimum atomic E-state index is -0.903. The maximum atomic E-state index is 12.2. The Labute approximate surface area is 115 Å². The number of nitrogens with zero attached hydrogens (tertiary/aromatic N) is 2. The molecule has 1 aromatic heterocycles. The summed E-state index contributed by atoms with van der Waals surface area (Å²) in [6.07, 6.45) is 2.75. The smallest absolute Gasteiger partial charge is 0.305 e. The third-order valence-corrected chi connectivity index (χ3v) is 2.99. The van der Waals surface area contributed by atoms with Crippen molar-refractivity contribution in [2.45, 2.75) is 26.3 Å². The monoisotopic (exact) mass is 316 g/mol. The van der Waals surface area contributed by atoms with E-state index >= 15 is 0 Å². The molecule has 1 rings (SSSR count). The molecule has 0 spiro atoms. The molecule has 0 aromatic carbocycles. The van der Waals surface area contributed by atoms with Crippen LogP contribution in [-0.4, -0.2) is 40.0 Å². The zero-order chi connectivity index (χ0) is 13.7. The second-order valence-electron chi connectivity index (χ2n) is 4.11. The largest absolute Gasteiger partial charge is 0.481 e. The standard InChI is InChI=1S/C12H17BrN2O3/c1-3-5-15-8-9(13)7-10(15)12(18)14(2)6-4-11(16)17/h7-8H,3-6H2,1-2H3,(H,16,17). The highest BCUT2D eigenvalue weighted by molar-refractivity contribution is 9.10. The van der Waals surface area contributed by atoms with Gasteiger partial charge in [0.2, 0.25) is 0 Å². The summed E-state index contributed by atoms with van der Waals surface area (Å²) in [6, 6.07) is 1.76. The van der Waals surface area contributed by atoms with E-state index in [-0.39, 0.29) is 18.9 Å². The normalized spacial score (nSPS) is 10.4. The van der Waals surface area contributed by atoms with Crippen LogP contribution in [0.15, 0.2) is 16.7 Å². The second-order valence-corrected chi connectivity index (χ2v) is 5.02. The molecule has 0 radical (unpaired) electrons. The minimum Gasteiger partial charge on any atom is -0.481 e. The Hall–Kier alpha value is -1.30. The molecule has 0 aliphatic rings. The number of hydrogen-bond acceptors (Lipinski definition) is 2. The minimum absolute atomic E-state index is 0.0438. The number of rotatable bonds is 6. The lowest BCUT2D eigenvalue weighted by molar-refractivity contribution is -0.137. The van der Waals surface area contributed by atoms with Gasteiger partial charge in [-0.2, -0.15) is 0 Å². The van der Waals surface area contributed by atoms with Gasteiger partial charge in [-0.25, -0.2) is 0 Å². The van der Waals surface area contributed by atoms with Crippen molar-refractivity contribution >= 4 is 27.8 Å². The molecular weight excluding hydrogens is 300 g/mol. The van der Waals surface area contributed by atoms with E-state index in [1.54, 1.807) is 13.1 Å². The first-order chi connectivity index (χ1) is 8.45. The van der Waals surface area contributed by atoms with E-state index in [1.165, 1.54) is 4.90 Å². The van der Waals surface area contributed by atoms with Crippen molar-refractivity contribution in [3.8, 4) is 0 Å². The maximum Gasteiger partial charge on any atom is 0.305 e. The molecule has 0 fully saturated rings. The number of amides is 1. The van der Waals surface area contributed by atoms with Gasteiger partial charge in [0.05, 0.1) is 6.42 Å². The summed E-state index contributed by atoms with van der Waals surface area (Å²) in [6.45, 7) is 3.01. The summed E-state index contributed by atoms with van der Waals surface area (Å²) in [5, 5.41) is 8.61. The molecule has 0 bridgehead atoms. The predicted octanol–water partition coefficient (Wildman–Crippen LogP) is 2.21. The molecule has 18 heavy (non-hydrogen) atoms. The van der Waals surface area contributed by atoms with Crippen LogP contribution in [0, 0.1) is 0 Å². The van der Waals surface area contributed by atoms with Gasteiger partial charge >= 0.3 is 5.97 Å². The number of aryl methyl sites for hydroxylation is 1. The molecule has 0 saturated heterocycles. The highest BCUT2D eigenvalue weighted by Crippen LogP contribution is 2.17. The third kappa shape index (κ3) is 3.87. The van der Waals surface area contributed by atoms with Gasteiger partial charge in [0.25, 0.3) is 5.91 Å². The molecule has 1 heterocycles. The fourth-order valence-corrected chi connectivity index (χ4v) is 2.10. The molecule has 0 aliphatic heterocycles. The summed E-state index contributed by atoms with van der Waals surface area (Å²) in [4.78, 5) is 24.1. The van der Waals surface area contributed by atoms with Crippen molar-refractivity contribution in [1.82, 2.24) is 9.47 Å². The first-order valence-electron chi connectivity index (χ1n) is 5.78. The molecule has 0 unspecified atom stereocenters. The van der Waals surface area contributed by atoms with Gasteiger partial charge in [-0.3, -0.25) is 9.59 Å². The van der Waals surface area contributed by atoms with Crippen molar-refractivity contribution in [3.05, 3.63) is 22.4 Å². The number of carbonyl (C=O) groups is 2. The molecule has 100 valence electrons. The van der Waals surface area contributed by atoms with Gasteiger partial charge in [-0.15, -0.1) is 0 Å². The Morgan fingerprint density at radius 1 is 1.50 bits per heavy atom. The van der Waals surface area contributed by atoms with Crippen molar-refractivity contribution in [3.63, 3.8) is 0 Å². The van der Waals surface area contributed by atoms with Gasteiger partial charge in [0.1, 0.15) is 5.69 Å². The predicted molar refractivity (Wildman–Crippen MR) is 71.6 cm³/mol. The average molecular weight is 317 g/mol. The number of aromatic nitrogens is 1.